The molecular formula is C20H30O2. The van der Waals surface area contributed by atoms with E-state index in [4.69, 9.17) is 0 Å². The molecule has 0 saturated heterocycles. The van der Waals surface area contributed by atoms with Crippen molar-refractivity contribution >= 4 is 0 Å². The maximum atomic E-state index is 10.5. The van der Waals surface area contributed by atoms with Crippen LogP contribution in [0.25, 0.3) is 0 Å². The second-order valence-corrected chi connectivity index (χ2v) is 8.47. The molecule has 0 aromatic heterocycles. The zero-order valence-electron chi connectivity index (χ0n) is 14.4. The molecule has 0 aliphatic heterocycles. The van der Waals surface area contributed by atoms with Crippen LogP contribution in [0.1, 0.15) is 76.0 Å². The number of benzene rings is 1. The molecule has 1 aromatic carbocycles. The lowest BCUT2D eigenvalue weighted by Crippen LogP contribution is -2.51. The third-order valence-corrected chi connectivity index (χ3v) is 6.45. The van der Waals surface area contributed by atoms with Gasteiger partial charge in [0.2, 0.25) is 0 Å². The van der Waals surface area contributed by atoms with E-state index in [-0.39, 0.29) is 17.4 Å². The number of phenolic OH excluding ortho intramolecular Hbond substituents is 1. The molecule has 122 valence electrons. The highest BCUT2D eigenvalue weighted by Gasteiger charge is 2.52. The minimum absolute atomic E-state index is 0.150. The van der Waals surface area contributed by atoms with E-state index in [1.54, 1.807) is 0 Å². The van der Waals surface area contributed by atoms with Crippen LogP contribution in [0.2, 0.25) is 0 Å². The summed E-state index contributed by atoms with van der Waals surface area (Å²) in [5.41, 5.74) is 3.73. The van der Waals surface area contributed by atoms with Crippen molar-refractivity contribution in [3.05, 3.63) is 28.8 Å². The Bertz CT molecular complexity index is 573. The van der Waals surface area contributed by atoms with Crippen LogP contribution in [-0.4, -0.2) is 16.8 Å². The Labute approximate surface area is 134 Å². The van der Waals surface area contributed by atoms with Gasteiger partial charge in [-0.05, 0) is 65.7 Å². The predicted octanol–water partition coefficient (Wildman–Crippen LogP) is 4.52. The molecule has 0 bridgehead atoms. The number of fused-ring (bicyclic) bond motifs is 3. The van der Waals surface area contributed by atoms with Gasteiger partial charge in [0.05, 0.1) is 6.61 Å². The van der Waals surface area contributed by atoms with Gasteiger partial charge in [0, 0.05) is 5.41 Å². The van der Waals surface area contributed by atoms with E-state index >= 15 is 0 Å². The summed E-state index contributed by atoms with van der Waals surface area (Å²) in [5.74, 6) is 1.25. The Morgan fingerprint density at radius 1 is 1.23 bits per heavy atom. The van der Waals surface area contributed by atoms with E-state index in [1.165, 1.54) is 17.5 Å². The van der Waals surface area contributed by atoms with E-state index in [0.29, 0.717) is 17.6 Å². The molecule has 1 saturated carbocycles. The Kier molecular flexibility index (Phi) is 3.79. The van der Waals surface area contributed by atoms with Crippen molar-refractivity contribution in [1.82, 2.24) is 0 Å². The average Bonchev–Trinajstić information content (AvgIpc) is 2.45. The molecule has 3 rings (SSSR count). The van der Waals surface area contributed by atoms with Crippen molar-refractivity contribution in [3.8, 4) is 5.75 Å². The zero-order chi connectivity index (χ0) is 16.1. The molecule has 2 aliphatic rings. The summed E-state index contributed by atoms with van der Waals surface area (Å²) in [7, 11) is 0. The quantitative estimate of drug-likeness (QED) is 0.843. The van der Waals surface area contributed by atoms with E-state index in [1.807, 2.05) is 6.07 Å². The predicted molar refractivity (Wildman–Crippen MR) is 90.4 cm³/mol. The minimum Gasteiger partial charge on any atom is -0.508 e. The third kappa shape index (κ3) is 2.19. The van der Waals surface area contributed by atoms with Crippen molar-refractivity contribution in [2.24, 2.45) is 11.3 Å². The van der Waals surface area contributed by atoms with Gasteiger partial charge in [-0.25, -0.2) is 0 Å². The van der Waals surface area contributed by atoms with Crippen LogP contribution >= 0.6 is 0 Å². The number of aryl methyl sites for hydroxylation is 1. The summed E-state index contributed by atoms with van der Waals surface area (Å²) in [6.45, 7) is 9.16. The molecule has 2 nitrogen and oxygen atoms in total. The fourth-order valence-corrected chi connectivity index (χ4v) is 5.30. The highest BCUT2D eigenvalue weighted by Crippen LogP contribution is 2.57. The molecule has 0 amide bonds. The Morgan fingerprint density at radius 2 is 1.95 bits per heavy atom. The third-order valence-electron chi connectivity index (χ3n) is 6.45. The monoisotopic (exact) mass is 302 g/mol. The minimum atomic E-state index is -0.150. The summed E-state index contributed by atoms with van der Waals surface area (Å²) in [6.07, 6.45) is 5.68. The molecule has 1 fully saturated rings. The van der Waals surface area contributed by atoms with E-state index in [9.17, 15) is 10.2 Å². The van der Waals surface area contributed by atoms with Gasteiger partial charge < -0.3 is 10.2 Å². The molecule has 2 heteroatoms. The van der Waals surface area contributed by atoms with E-state index < -0.39 is 0 Å². The summed E-state index contributed by atoms with van der Waals surface area (Å²) >= 11 is 0. The van der Waals surface area contributed by atoms with Gasteiger partial charge in [0.15, 0.2) is 0 Å². The first-order chi connectivity index (χ1) is 10.3. The second-order valence-electron chi connectivity index (χ2n) is 8.47. The molecule has 0 unspecified atom stereocenters. The van der Waals surface area contributed by atoms with Crippen LogP contribution in [0.5, 0.6) is 5.75 Å². The number of phenols is 1. The first-order valence-corrected chi connectivity index (χ1v) is 8.79. The van der Waals surface area contributed by atoms with Crippen molar-refractivity contribution < 1.29 is 10.2 Å². The Morgan fingerprint density at radius 3 is 2.59 bits per heavy atom. The van der Waals surface area contributed by atoms with Gasteiger partial charge in [0.25, 0.3) is 0 Å². The first kappa shape index (κ1) is 15.9. The lowest BCUT2D eigenvalue weighted by atomic mass is 9.50. The van der Waals surface area contributed by atoms with Crippen LogP contribution < -0.4 is 0 Å². The van der Waals surface area contributed by atoms with Gasteiger partial charge >= 0.3 is 0 Å². The van der Waals surface area contributed by atoms with Crippen LogP contribution in [0.15, 0.2) is 12.1 Å². The summed E-state index contributed by atoms with van der Waals surface area (Å²) < 4.78 is 0. The van der Waals surface area contributed by atoms with Gasteiger partial charge in [-0.2, -0.15) is 0 Å². The lowest BCUT2D eigenvalue weighted by molar-refractivity contribution is -0.00522. The number of hydrogen-bond acceptors (Lipinski definition) is 2. The van der Waals surface area contributed by atoms with Crippen molar-refractivity contribution in [1.29, 1.82) is 0 Å². The van der Waals surface area contributed by atoms with E-state index in [2.05, 4.69) is 33.8 Å². The normalized spacial score (nSPS) is 30.0. The molecule has 0 radical (unpaired) electrons. The fraction of sp³-hybridized carbons (Fsp3) is 0.700. The number of aliphatic hydroxyl groups is 1. The summed E-state index contributed by atoms with van der Waals surface area (Å²) in [6, 6.07) is 4.18. The highest BCUT2D eigenvalue weighted by atomic mass is 16.3. The van der Waals surface area contributed by atoms with Crippen molar-refractivity contribution in [2.45, 2.75) is 71.1 Å². The SMILES string of the molecule is CC(C)c1cc2c(cc1O)[C@@]1(CO)CCCC(C)(C)[C@H]1CC2. The summed E-state index contributed by atoms with van der Waals surface area (Å²) in [5, 5.41) is 20.8. The maximum Gasteiger partial charge on any atom is 0.119 e. The number of aromatic hydroxyl groups is 1. The number of hydrogen-bond donors (Lipinski definition) is 2. The standard InChI is InChI=1S/C20H30O2/c1-13(2)15-10-14-6-7-18-19(3,4)8-5-9-20(18,12-21)16(14)11-17(15)22/h10-11,13,18,21-22H,5-9,12H2,1-4H3/t18-,20+/m1/s1. The van der Waals surface area contributed by atoms with Crippen LogP contribution in [0.4, 0.5) is 0 Å². The highest BCUT2D eigenvalue weighted by molar-refractivity contribution is 5.49. The smallest absolute Gasteiger partial charge is 0.119 e. The average molecular weight is 302 g/mol. The van der Waals surface area contributed by atoms with Crippen LogP contribution in [0, 0.1) is 11.3 Å². The molecule has 2 atom stereocenters. The van der Waals surface area contributed by atoms with Gasteiger partial charge in [-0.1, -0.05) is 40.2 Å². The topological polar surface area (TPSA) is 40.5 Å². The van der Waals surface area contributed by atoms with Crippen molar-refractivity contribution in [3.63, 3.8) is 0 Å². The van der Waals surface area contributed by atoms with Gasteiger partial charge in [-0.3, -0.25) is 0 Å². The zero-order valence-corrected chi connectivity index (χ0v) is 14.4. The molecule has 22 heavy (non-hydrogen) atoms. The molecule has 2 aliphatic carbocycles. The largest absolute Gasteiger partial charge is 0.508 e. The number of rotatable bonds is 2. The van der Waals surface area contributed by atoms with Crippen LogP contribution in [0.3, 0.4) is 0 Å². The van der Waals surface area contributed by atoms with Crippen molar-refractivity contribution in [2.75, 3.05) is 6.61 Å². The first-order valence-electron chi connectivity index (χ1n) is 8.79. The summed E-state index contributed by atoms with van der Waals surface area (Å²) in [4.78, 5) is 0. The fourth-order valence-electron chi connectivity index (χ4n) is 5.30. The van der Waals surface area contributed by atoms with E-state index in [0.717, 1.165) is 31.2 Å². The molecule has 2 N–H and O–H groups in total. The Balaban J connectivity index is 2.16. The maximum absolute atomic E-state index is 10.5. The van der Waals surface area contributed by atoms with Gasteiger partial charge in [-0.15, -0.1) is 0 Å². The molecular weight excluding hydrogens is 272 g/mol. The Hall–Kier alpha value is -1.02. The van der Waals surface area contributed by atoms with Gasteiger partial charge in [0.1, 0.15) is 5.75 Å². The lowest BCUT2D eigenvalue weighted by Gasteiger charge is -2.55. The number of aliphatic hydroxyl groups excluding tert-OH is 1. The second kappa shape index (κ2) is 5.26. The van der Waals surface area contributed by atoms with Crippen LogP contribution in [-0.2, 0) is 11.8 Å². The molecule has 0 spiro atoms. The molecule has 1 aromatic rings. The molecule has 0 heterocycles.